The molecule has 122 valence electrons. The molecule has 2 aromatic heterocycles. The van der Waals surface area contributed by atoms with Crippen LogP contribution in [-0.2, 0) is 0 Å². The second-order valence-corrected chi connectivity index (χ2v) is 5.84. The highest BCUT2D eigenvalue weighted by atomic mass is 32.2. The molecule has 0 fully saturated rings. The summed E-state index contributed by atoms with van der Waals surface area (Å²) in [4.78, 5) is 8.22. The van der Waals surface area contributed by atoms with Crippen molar-refractivity contribution in [3.05, 3.63) is 65.5 Å². The number of aromatic amines is 1. The molecule has 3 rings (SSSR count). The molecule has 0 unspecified atom stereocenters. The SMILES string of the molecule is Cc1cc(C#N)ccc1N.Cc1cccc(-c2cc(SO)c[nH]2)n1. The number of H-pyrrole nitrogens is 1. The Bertz CT molecular complexity index is 867. The van der Waals surface area contributed by atoms with Gasteiger partial charge < -0.3 is 15.3 Å². The minimum atomic E-state index is 0.659. The van der Waals surface area contributed by atoms with Gasteiger partial charge in [0, 0.05) is 29.6 Å². The van der Waals surface area contributed by atoms with Crippen molar-refractivity contribution < 1.29 is 4.55 Å². The van der Waals surface area contributed by atoms with E-state index < -0.39 is 0 Å². The standard InChI is InChI=1S/C10H10N2OS.C8H8N2/c1-7-3-2-4-9(12-7)10-5-8(14-13)6-11-10;1-6-4-7(5-9)2-3-8(6)10/h2-6,11,13H,1H3;2-4H,10H2,1H3. The monoisotopic (exact) mass is 338 g/mol. The summed E-state index contributed by atoms with van der Waals surface area (Å²) < 4.78 is 8.83. The summed E-state index contributed by atoms with van der Waals surface area (Å²) in [5.41, 5.74) is 10.7. The van der Waals surface area contributed by atoms with Gasteiger partial charge in [-0.05, 0) is 55.8 Å². The molecule has 0 radical (unpaired) electrons. The predicted octanol–water partition coefficient (Wildman–Crippen LogP) is 4.40. The van der Waals surface area contributed by atoms with Crippen LogP contribution in [0.2, 0.25) is 0 Å². The predicted molar refractivity (Wildman–Crippen MR) is 97.6 cm³/mol. The molecule has 0 atom stereocenters. The summed E-state index contributed by atoms with van der Waals surface area (Å²) in [6.07, 6.45) is 1.75. The van der Waals surface area contributed by atoms with Crippen molar-refractivity contribution in [3.8, 4) is 17.5 Å². The van der Waals surface area contributed by atoms with Crippen LogP contribution in [0.4, 0.5) is 5.69 Å². The van der Waals surface area contributed by atoms with E-state index in [1.807, 2.05) is 44.2 Å². The van der Waals surface area contributed by atoms with Crippen LogP contribution in [0.3, 0.4) is 0 Å². The smallest absolute Gasteiger partial charge is 0.0991 e. The van der Waals surface area contributed by atoms with Gasteiger partial charge in [0.25, 0.3) is 0 Å². The molecule has 4 N–H and O–H groups in total. The van der Waals surface area contributed by atoms with E-state index in [4.69, 9.17) is 15.5 Å². The summed E-state index contributed by atoms with van der Waals surface area (Å²) in [6.45, 7) is 3.84. The Kier molecular flexibility index (Phi) is 6.01. The molecule has 5 nitrogen and oxygen atoms in total. The van der Waals surface area contributed by atoms with Crippen molar-refractivity contribution in [3.63, 3.8) is 0 Å². The third-order valence-corrected chi connectivity index (χ3v) is 3.77. The molecule has 0 bridgehead atoms. The van der Waals surface area contributed by atoms with Crippen molar-refractivity contribution in [2.24, 2.45) is 0 Å². The number of nitrogens with zero attached hydrogens (tertiary/aromatic N) is 2. The fourth-order valence-electron chi connectivity index (χ4n) is 2.01. The molecule has 0 spiro atoms. The number of hydrogen-bond donors (Lipinski definition) is 3. The summed E-state index contributed by atoms with van der Waals surface area (Å²) in [7, 11) is 0. The maximum atomic E-state index is 8.83. The minimum absolute atomic E-state index is 0.659. The maximum absolute atomic E-state index is 8.83. The zero-order valence-corrected chi connectivity index (χ0v) is 14.3. The quantitative estimate of drug-likeness (QED) is 0.475. The van der Waals surface area contributed by atoms with Gasteiger partial charge in [0.05, 0.1) is 27.9 Å². The Hall–Kier alpha value is -2.75. The first-order chi connectivity index (χ1) is 11.5. The largest absolute Gasteiger partial charge is 0.399 e. The molecule has 0 saturated carbocycles. The topological polar surface area (TPSA) is 98.7 Å². The van der Waals surface area contributed by atoms with Gasteiger partial charge in [-0.1, -0.05) is 6.07 Å². The fraction of sp³-hybridized carbons (Fsp3) is 0.111. The van der Waals surface area contributed by atoms with Crippen LogP contribution >= 0.6 is 12.0 Å². The van der Waals surface area contributed by atoms with Crippen LogP contribution in [0.25, 0.3) is 11.4 Å². The van der Waals surface area contributed by atoms with E-state index in [1.54, 1.807) is 24.4 Å². The number of nitriles is 1. The maximum Gasteiger partial charge on any atom is 0.0991 e. The van der Waals surface area contributed by atoms with Gasteiger partial charge in [-0.25, -0.2) is 0 Å². The van der Waals surface area contributed by atoms with Crippen molar-refractivity contribution >= 4 is 17.7 Å². The van der Waals surface area contributed by atoms with E-state index >= 15 is 0 Å². The van der Waals surface area contributed by atoms with Gasteiger partial charge in [0.1, 0.15) is 0 Å². The molecule has 0 aliphatic rings. The lowest BCUT2D eigenvalue weighted by Gasteiger charge is -1.97. The summed E-state index contributed by atoms with van der Waals surface area (Å²) in [6, 6.07) is 15.0. The van der Waals surface area contributed by atoms with Crippen molar-refractivity contribution in [1.29, 1.82) is 5.26 Å². The van der Waals surface area contributed by atoms with E-state index in [0.29, 0.717) is 5.56 Å². The number of rotatable bonds is 2. The second kappa shape index (κ2) is 8.20. The Labute approximate surface area is 145 Å². The molecule has 0 aliphatic heterocycles. The lowest BCUT2D eigenvalue weighted by atomic mass is 10.1. The summed E-state index contributed by atoms with van der Waals surface area (Å²) in [5, 5.41) is 8.46. The van der Waals surface area contributed by atoms with E-state index in [9.17, 15) is 0 Å². The molecular formula is C18H18N4OS. The first kappa shape index (κ1) is 17.6. The lowest BCUT2D eigenvalue weighted by molar-refractivity contribution is 0.664. The Morgan fingerprint density at radius 2 is 2.00 bits per heavy atom. The van der Waals surface area contributed by atoms with Crippen molar-refractivity contribution in [2.75, 3.05) is 5.73 Å². The average molecular weight is 338 g/mol. The molecule has 24 heavy (non-hydrogen) atoms. The highest BCUT2D eigenvalue weighted by Gasteiger charge is 2.02. The van der Waals surface area contributed by atoms with E-state index in [0.717, 1.165) is 45.3 Å². The Morgan fingerprint density at radius 3 is 2.58 bits per heavy atom. The average Bonchev–Trinajstić information content (AvgIpc) is 3.07. The van der Waals surface area contributed by atoms with E-state index in [1.165, 1.54) is 0 Å². The van der Waals surface area contributed by atoms with E-state index in [-0.39, 0.29) is 0 Å². The lowest BCUT2D eigenvalue weighted by Crippen LogP contribution is -1.88. The Balaban J connectivity index is 0.000000185. The highest BCUT2D eigenvalue weighted by molar-refractivity contribution is 7.93. The summed E-state index contributed by atoms with van der Waals surface area (Å²) >= 11 is 0.729. The second-order valence-electron chi connectivity index (χ2n) is 5.19. The number of nitrogens with two attached hydrogens (primary N) is 1. The number of nitrogens with one attached hydrogen (secondary N) is 1. The zero-order chi connectivity index (χ0) is 17.5. The van der Waals surface area contributed by atoms with Crippen molar-refractivity contribution in [2.45, 2.75) is 18.7 Å². The molecule has 2 heterocycles. The minimum Gasteiger partial charge on any atom is -0.399 e. The Morgan fingerprint density at radius 1 is 1.21 bits per heavy atom. The number of pyridine rings is 1. The van der Waals surface area contributed by atoms with Gasteiger partial charge in [0.15, 0.2) is 0 Å². The molecule has 0 aliphatic carbocycles. The third kappa shape index (κ3) is 4.62. The number of anilines is 1. The number of hydrogen-bond acceptors (Lipinski definition) is 5. The van der Waals surface area contributed by atoms with Crippen LogP contribution < -0.4 is 5.73 Å². The van der Waals surface area contributed by atoms with Gasteiger partial charge in [-0.3, -0.25) is 4.98 Å². The van der Waals surface area contributed by atoms with Gasteiger partial charge >= 0.3 is 0 Å². The van der Waals surface area contributed by atoms with Crippen LogP contribution in [0.15, 0.2) is 53.6 Å². The van der Waals surface area contributed by atoms with Crippen LogP contribution in [0, 0.1) is 25.2 Å². The zero-order valence-electron chi connectivity index (χ0n) is 13.4. The normalized spacial score (nSPS) is 9.75. The molecule has 6 heteroatoms. The van der Waals surface area contributed by atoms with Gasteiger partial charge in [0.2, 0.25) is 0 Å². The number of aryl methyl sites for hydroxylation is 2. The third-order valence-electron chi connectivity index (χ3n) is 3.33. The molecule has 0 saturated heterocycles. The first-order valence-electron chi connectivity index (χ1n) is 7.23. The van der Waals surface area contributed by atoms with Crippen LogP contribution in [0.5, 0.6) is 0 Å². The number of benzene rings is 1. The van der Waals surface area contributed by atoms with E-state index in [2.05, 4.69) is 9.97 Å². The fourth-order valence-corrected chi connectivity index (χ4v) is 2.30. The molecule has 0 amide bonds. The molecule has 1 aromatic carbocycles. The number of aromatic nitrogens is 2. The van der Waals surface area contributed by atoms with Crippen molar-refractivity contribution in [1.82, 2.24) is 9.97 Å². The number of nitrogen functional groups attached to an aromatic ring is 1. The van der Waals surface area contributed by atoms with Crippen LogP contribution in [-0.4, -0.2) is 14.5 Å². The van der Waals surface area contributed by atoms with Crippen LogP contribution in [0.1, 0.15) is 16.8 Å². The highest BCUT2D eigenvalue weighted by Crippen LogP contribution is 2.22. The van der Waals surface area contributed by atoms with Gasteiger partial charge in [-0.15, -0.1) is 0 Å². The molecular weight excluding hydrogens is 320 g/mol. The molecule has 3 aromatic rings. The summed E-state index contributed by atoms with van der Waals surface area (Å²) in [5.74, 6) is 0. The first-order valence-corrected chi connectivity index (χ1v) is 8.01. The van der Waals surface area contributed by atoms with Gasteiger partial charge in [-0.2, -0.15) is 5.26 Å².